The lowest BCUT2D eigenvalue weighted by Crippen LogP contribution is -2.58. The van der Waals surface area contributed by atoms with Crippen molar-refractivity contribution in [2.24, 2.45) is 0 Å². The lowest BCUT2D eigenvalue weighted by molar-refractivity contribution is -0.961. The molecule has 2 fully saturated rings. The van der Waals surface area contributed by atoms with Crippen LogP contribution >= 0.6 is 0 Å². The number of hydrogen-bond donors (Lipinski definition) is 1. The summed E-state index contributed by atoms with van der Waals surface area (Å²) in [5, 5.41) is 9.78. The zero-order valence-corrected chi connectivity index (χ0v) is 18.2. The van der Waals surface area contributed by atoms with E-state index in [9.17, 15) is 9.90 Å². The lowest BCUT2D eigenvalue weighted by Gasteiger charge is -2.47. The average Bonchev–Trinajstić information content (AvgIpc) is 2.92. The third-order valence-corrected chi connectivity index (χ3v) is 7.48. The van der Waals surface area contributed by atoms with Crippen LogP contribution in [0.2, 0.25) is 0 Å². The molecule has 0 aliphatic carbocycles. The van der Waals surface area contributed by atoms with Crippen molar-refractivity contribution < 1.29 is 19.1 Å². The highest BCUT2D eigenvalue weighted by Crippen LogP contribution is 2.43. The molecule has 160 valence electrons. The molecule has 2 bridgehead atoms. The summed E-state index contributed by atoms with van der Waals surface area (Å²) >= 11 is 0. The van der Waals surface area contributed by atoms with Crippen LogP contribution < -0.4 is 0 Å². The third-order valence-electron chi connectivity index (χ3n) is 7.48. The van der Waals surface area contributed by atoms with Gasteiger partial charge in [0.05, 0.1) is 25.7 Å². The van der Waals surface area contributed by atoms with Crippen LogP contribution in [0.15, 0.2) is 54.6 Å². The molecule has 30 heavy (non-hydrogen) atoms. The summed E-state index contributed by atoms with van der Waals surface area (Å²) in [4.78, 5) is 12.8. The van der Waals surface area contributed by atoms with Gasteiger partial charge in [-0.1, -0.05) is 61.5 Å². The lowest BCUT2D eigenvalue weighted by atomic mass is 9.94. The molecule has 0 radical (unpaired) electrons. The highest BCUT2D eigenvalue weighted by Gasteiger charge is 2.52. The molecule has 0 aromatic heterocycles. The van der Waals surface area contributed by atoms with Crippen molar-refractivity contribution in [3.63, 3.8) is 0 Å². The van der Waals surface area contributed by atoms with Gasteiger partial charge in [-0.3, -0.25) is 4.79 Å². The van der Waals surface area contributed by atoms with Gasteiger partial charge in [-0.25, -0.2) is 0 Å². The molecule has 2 aromatic rings. The van der Waals surface area contributed by atoms with Crippen LogP contribution in [0.1, 0.15) is 55.2 Å². The van der Waals surface area contributed by atoms with E-state index >= 15 is 0 Å². The van der Waals surface area contributed by atoms with Crippen molar-refractivity contribution in [3.8, 4) is 0 Å². The number of rotatable bonds is 7. The number of carbonyl (C=O) groups is 1. The number of aliphatic hydroxyl groups is 1. The number of quaternary nitrogens is 1. The summed E-state index contributed by atoms with van der Waals surface area (Å²) in [6, 6.07) is 19.6. The fourth-order valence-electron chi connectivity index (χ4n) is 5.57. The number of esters is 1. The number of hydrogen-bond acceptors (Lipinski definition) is 3. The van der Waals surface area contributed by atoms with E-state index < -0.39 is 5.92 Å². The second kappa shape index (κ2) is 8.91. The zero-order valence-electron chi connectivity index (χ0n) is 18.2. The van der Waals surface area contributed by atoms with Crippen LogP contribution in [0.4, 0.5) is 0 Å². The molecular formula is C26H34NO3+. The summed E-state index contributed by atoms with van der Waals surface area (Å²) in [6.07, 6.45) is 5.26. The van der Waals surface area contributed by atoms with Gasteiger partial charge in [0.25, 0.3) is 0 Å². The molecule has 4 rings (SSSR count). The fourth-order valence-corrected chi connectivity index (χ4v) is 5.57. The van der Waals surface area contributed by atoms with Gasteiger partial charge in [-0.2, -0.15) is 0 Å². The molecule has 4 nitrogen and oxygen atoms in total. The number of fused-ring (bicyclic) bond motifs is 2. The van der Waals surface area contributed by atoms with Crippen LogP contribution in [0, 0.1) is 0 Å². The summed E-state index contributed by atoms with van der Waals surface area (Å²) in [7, 11) is 2.38. The standard InChI is InChI=1S/C26H34NO3/c1-3-19-9-11-20(12-10-19)17-27(2)22-13-14-23(27)16-24(15-22)30-26(29)25(18-28)21-7-5-4-6-8-21/h4-12,22-25,28H,3,13-18H2,1-2H3/q+1/t22-,23+,24?,25?,27?. The molecule has 0 saturated carbocycles. The van der Waals surface area contributed by atoms with E-state index in [1.54, 1.807) is 0 Å². The Bertz CT molecular complexity index is 834. The minimum Gasteiger partial charge on any atom is -0.461 e. The molecule has 2 heterocycles. The minimum atomic E-state index is -0.594. The molecule has 2 aliphatic rings. The van der Waals surface area contributed by atoms with Crippen molar-refractivity contribution in [1.29, 1.82) is 0 Å². The van der Waals surface area contributed by atoms with E-state index in [0.29, 0.717) is 12.1 Å². The number of benzene rings is 2. The normalized spacial score (nSPS) is 28.8. The van der Waals surface area contributed by atoms with E-state index in [1.165, 1.54) is 24.0 Å². The maximum Gasteiger partial charge on any atom is 0.316 e. The molecule has 0 spiro atoms. The van der Waals surface area contributed by atoms with Gasteiger partial charge in [-0.15, -0.1) is 0 Å². The minimum absolute atomic E-state index is 0.0403. The molecule has 3 unspecified atom stereocenters. The van der Waals surface area contributed by atoms with Crippen LogP contribution in [0.5, 0.6) is 0 Å². The molecular weight excluding hydrogens is 374 g/mol. The number of carbonyl (C=O) groups excluding carboxylic acids is 1. The van der Waals surface area contributed by atoms with Crippen molar-refractivity contribution in [2.45, 2.75) is 69.7 Å². The van der Waals surface area contributed by atoms with E-state index in [4.69, 9.17) is 4.74 Å². The summed E-state index contributed by atoms with van der Waals surface area (Å²) in [5.41, 5.74) is 3.60. The second-order valence-corrected chi connectivity index (χ2v) is 9.24. The SMILES string of the molecule is CCc1ccc(C[N+]2(C)[C@@H]3CC[C@H]2CC(OC(=O)C(CO)c2ccccc2)C3)cc1. The largest absolute Gasteiger partial charge is 0.461 e. The van der Waals surface area contributed by atoms with Crippen molar-refractivity contribution >= 4 is 5.97 Å². The number of ether oxygens (including phenoxy) is 1. The van der Waals surface area contributed by atoms with Gasteiger partial charge in [0, 0.05) is 31.2 Å². The van der Waals surface area contributed by atoms with Crippen molar-refractivity contribution in [1.82, 2.24) is 0 Å². The van der Waals surface area contributed by atoms with E-state index in [2.05, 4.69) is 38.2 Å². The van der Waals surface area contributed by atoms with E-state index in [0.717, 1.165) is 35.9 Å². The smallest absolute Gasteiger partial charge is 0.316 e. The van der Waals surface area contributed by atoms with Crippen molar-refractivity contribution in [3.05, 3.63) is 71.3 Å². The molecule has 2 aromatic carbocycles. The van der Waals surface area contributed by atoms with E-state index in [1.807, 2.05) is 30.3 Å². The van der Waals surface area contributed by atoms with Crippen molar-refractivity contribution in [2.75, 3.05) is 13.7 Å². The Labute approximate surface area is 180 Å². The number of piperidine rings is 1. The Morgan fingerprint density at radius 3 is 2.20 bits per heavy atom. The van der Waals surface area contributed by atoms with E-state index in [-0.39, 0.29) is 18.7 Å². The van der Waals surface area contributed by atoms with Gasteiger partial charge >= 0.3 is 5.97 Å². The molecule has 4 heteroatoms. The van der Waals surface area contributed by atoms with Crippen LogP contribution in [-0.2, 0) is 22.5 Å². The monoisotopic (exact) mass is 408 g/mol. The summed E-state index contributed by atoms with van der Waals surface area (Å²) < 4.78 is 7.00. The third kappa shape index (κ3) is 4.17. The van der Waals surface area contributed by atoms with Gasteiger partial charge in [0.15, 0.2) is 0 Å². The Hall–Kier alpha value is -2.17. The van der Waals surface area contributed by atoms with Gasteiger partial charge in [0.1, 0.15) is 18.6 Å². The Kier molecular flexibility index (Phi) is 6.26. The Balaban J connectivity index is 1.41. The molecule has 1 N–H and O–H groups in total. The Morgan fingerprint density at radius 2 is 1.63 bits per heavy atom. The molecule has 5 atom stereocenters. The summed E-state index contributed by atoms with van der Waals surface area (Å²) in [5.74, 6) is -0.886. The first kappa shape index (κ1) is 21.1. The average molecular weight is 409 g/mol. The highest BCUT2D eigenvalue weighted by atomic mass is 16.5. The van der Waals surface area contributed by atoms with Crippen LogP contribution in [0.3, 0.4) is 0 Å². The van der Waals surface area contributed by atoms with Gasteiger partial charge in [-0.05, 0) is 17.5 Å². The Morgan fingerprint density at radius 1 is 1.03 bits per heavy atom. The maximum atomic E-state index is 12.8. The zero-order chi connectivity index (χ0) is 21.1. The summed E-state index contributed by atoms with van der Waals surface area (Å²) in [6.45, 7) is 3.02. The van der Waals surface area contributed by atoms with Gasteiger partial charge < -0.3 is 14.3 Å². The second-order valence-electron chi connectivity index (χ2n) is 9.24. The molecule has 2 saturated heterocycles. The number of aryl methyl sites for hydroxylation is 1. The topological polar surface area (TPSA) is 46.5 Å². The molecule has 2 aliphatic heterocycles. The molecule has 0 amide bonds. The number of nitrogens with zero attached hydrogens (tertiary/aromatic N) is 1. The first-order valence-electron chi connectivity index (χ1n) is 11.3. The first-order chi connectivity index (χ1) is 14.5. The maximum absolute atomic E-state index is 12.8. The predicted octanol–water partition coefficient (Wildman–Crippen LogP) is 4.21. The predicted molar refractivity (Wildman–Crippen MR) is 118 cm³/mol. The van der Waals surface area contributed by atoms with Crippen LogP contribution in [-0.4, -0.2) is 47.4 Å². The van der Waals surface area contributed by atoms with Crippen LogP contribution in [0.25, 0.3) is 0 Å². The number of aliphatic hydroxyl groups excluding tert-OH is 1. The highest BCUT2D eigenvalue weighted by molar-refractivity contribution is 5.78. The quantitative estimate of drug-likeness (QED) is 0.551. The first-order valence-corrected chi connectivity index (χ1v) is 11.3. The fraction of sp³-hybridized carbons (Fsp3) is 0.500. The van der Waals surface area contributed by atoms with Gasteiger partial charge in [0.2, 0.25) is 0 Å².